The van der Waals surface area contributed by atoms with Gasteiger partial charge in [-0.3, -0.25) is 0 Å². The van der Waals surface area contributed by atoms with Gasteiger partial charge in [0.1, 0.15) is 6.29 Å². The molecule has 0 unspecified atom stereocenters. The van der Waals surface area contributed by atoms with Crippen LogP contribution in [0.2, 0.25) is 0 Å². The van der Waals surface area contributed by atoms with Gasteiger partial charge in [0, 0.05) is 5.92 Å². The topological polar surface area (TPSA) is 17.1 Å². The van der Waals surface area contributed by atoms with Crippen LogP contribution in [0.25, 0.3) is 0 Å². The second-order valence-electron chi connectivity index (χ2n) is 4.77. The summed E-state index contributed by atoms with van der Waals surface area (Å²) in [6.45, 7) is 8.66. The molecule has 1 rings (SSSR count). The third-order valence-corrected chi connectivity index (χ3v) is 2.73. The Kier molecular flexibility index (Phi) is 1.43. The first-order valence-corrected chi connectivity index (χ1v) is 3.85. The van der Waals surface area contributed by atoms with Crippen molar-refractivity contribution >= 4 is 6.29 Å². The van der Waals surface area contributed by atoms with Crippen molar-refractivity contribution in [3.8, 4) is 0 Å². The molecule has 0 heterocycles. The molecule has 0 atom stereocenters. The van der Waals surface area contributed by atoms with E-state index in [1.54, 1.807) is 0 Å². The quantitative estimate of drug-likeness (QED) is 0.510. The Balaban J connectivity index is 2.73. The number of carbonyl (C=O) groups is 1. The number of hydrogen-bond donors (Lipinski definition) is 0. The van der Waals surface area contributed by atoms with Gasteiger partial charge in [0.2, 0.25) is 0 Å². The first kappa shape index (κ1) is 7.77. The molecule has 1 fully saturated rings. The molecule has 10 heavy (non-hydrogen) atoms. The molecule has 1 aliphatic rings. The second kappa shape index (κ2) is 1.84. The molecule has 0 saturated heterocycles. The fourth-order valence-corrected chi connectivity index (χ4v) is 2.69. The molecular weight excluding hydrogens is 124 g/mol. The molecule has 0 spiro atoms. The summed E-state index contributed by atoms with van der Waals surface area (Å²) in [5.74, 6) is 0.264. The van der Waals surface area contributed by atoms with Gasteiger partial charge in [0.05, 0.1) is 0 Å². The van der Waals surface area contributed by atoms with E-state index in [0.29, 0.717) is 0 Å². The van der Waals surface area contributed by atoms with Gasteiger partial charge in [-0.1, -0.05) is 27.7 Å². The summed E-state index contributed by atoms with van der Waals surface area (Å²) in [6.07, 6.45) is 2.28. The van der Waals surface area contributed by atoms with Crippen molar-refractivity contribution in [2.45, 2.75) is 34.1 Å². The highest BCUT2D eigenvalue weighted by Gasteiger charge is 2.52. The van der Waals surface area contributed by atoms with Crippen molar-refractivity contribution in [2.24, 2.45) is 16.7 Å². The van der Waals surface area contributed by atoms with E-state index < -0.39 is 0 Å². The summed E-state index contributed by atoms with van der Waals surface area (Å²) in [5.41, 5.74) is 0.510. The summed E-state index contributed by atoms with van der Waals surface area (Å²) < 4.78 is 0. The Morgan fingerprint density at radius 3 is 1.70 bits per heavy atom. The lowest BCUT2D eigenvalue weighted by atomic mass is 9.49. The molecule has 1 heteroatoms. The first-order valence-electron chi connectivity index (χ1n) is 3.85. The molecule has 0 N–H and O–H groups in total. The normalized spacial score (nSPS) is 29.2. The highest BCUT2D eigenvalue weighted by atomic mass is 16.1. The molecule has 0 aromatic heterocycles. The van der Waals surface area contributed by atoms with Crippen molar-refractivity contribution in [1.29, 1.82) is 0 Å². The maximum Gasteiger partial charge on any atom is 0.124 e. The Bertz CT molecular complexity index is 142. The molecule has 1 nitrogen and oxygen atoms in total. The zero-order chi connectivity index (χ0) is 7.99. The number of aldehydes is 1. The Hall–Kier alpha value is -0.330. The van der Waals surface area contributed by atoms with Crippen molar-refractivity contribution in [3.05, 3.63) is 0 Å². The summed E-state index contributed by atoms with van der Waals surface area (Å²) in [6, 6.07) is 0. The van der Waals surface area contributed by atoms with Crippen molar-refractivity contribution in [2.75, 3.05) is 0 Å². The number of rotatable bonds is 1. The van der Waals surface area contributed by atoms with Crippen LogP contribution in [0.5, 0.6) is 0 Å². The van der Waals surface area contributed by atoms with Gasteiger partial charge in [0.25, 0.3) is 0 Å². The monoisotopic (exact) mass is 140 g/mol. The fraction of sp³-hybridized carbons (Fsp3) is 0.889. The molecule has 0 radical (unpaired) electrons. The van der Waals surface area contributed by atoms with E-state index in [9.17, 15) is 4.79 Å². The van der Waals surface area contributed by atoms with Gasteiger partial charge in [-0.05, 0) is 17.3 Å². The Labute approximate surface area is 62.8 Å². The molecule has 0 aliphatic heterocycles. The molecule has 1 saturated carbocycles. The lowest BCUT2D eigenvalue weighted by Crippen LogP contribution is -2.50. The van der Waals surface area contributed by atoms with Crippen molar-refractivity contribution in [1.82, 2.24) is 0 Å². The molecule has 58 valence electrons. The third-order valence-electron chi connectivity index (χ3n) is 2.73. The maximum atomic E-state index is 10.6. The van der Waals surface area contributed by atoms with Gasteiger partial charge in [0.15, 0.2) is 0 Å². The summed E-state index contributed by atoms with van der Waals surface area (Å²) in [7, 11) is 0. The van der Waals surface area contributed by atoms with E-state index in [1.165, 1.54) is 6.42 Å². The van der Waals surface area contributed by atoms with E-state index in [-0.39, 0.29) is 16.7 Å². The Morgan fingerprint density at radius 1 is 1.20 bits per heavy atom. The smallest absolute Gasteiger partial charge is 0.124 e. The fourth-order valence-electron chi connectivity index (χ4n) is 2.69. The van der Waals surface area contributed by atoms with E-state index in [1.807, 2.05) is 0 Å². The predicted molar refractivity (Wildman–Crippen MR) is 41.7 cm³/mol. The molecule has 1 aliphatic carbocycles. The second-order valence-corrected chi connectivity index (χ2v) is 4.77. The van der Waals surface area contributed by atoms with Crippen LogP contribution in [0.15, 0.2) is 0 Å². The van der Waals surface area contributed by atoms with Crippen LogP contribution in [0.1, 0.15) is 34.1 Å². The standard InChI is InChI=1S/C9H16O/c1-8(2)6-9(3,4)7(8)5-10/h5,7H,6H2,1-4H3. The van der Waals surface area contributed by atoms with Crippen molar-refractivity contribution in [3.63, 3.8) is 0 Å². The minimum Gasteiger partial charge on any atom is -0.303 e. The average Bonchev–Trinajstić information content (AvgIpc) is 1.59. The highest BCUT2D eigenvalue weighted by molar-refractivity contribution is 5.58. The van der Waals surface area contributed by atoms with Gasteiger partial charge in [-0.15, -0.1) is 0 Å². The van der Waals surface area contributed by atoms with Crippen LogP contribution in [0.4, 0.5) is 0 Å². The maximum absolute atomic E-state index is 10.6. The van der Waals surface area contributed by atoms with E-state index in [0.717, 1.165) is 6.29 Å². The van der Waals surface area contributed by atoms with Gasteiger partial charge < -0.3 is 4.79 Å². The van der Waals surface area contributed by atoms with Gasteiger partial charge in [-0.2, -0.15) is 0 Å². The lowest BCUT2D eigenvalue weighted by molar-refractivity contribution is -0.136. The van der Waals surface area contributed by atoms with Crippen LogP contribution >= 0.6 is 0 Å². The SMILES string of the molecule is CC1(C)CC(C)(C)C1C=O. The summed E-state index contributed by atoms with van der Waals surface area (Å²) in [4.78, 5) is 10.6. The average molecular weight is 140 g/mol. The van der Waals surface area contributed by atoms with Crippen LogP contribution in [0.3, 0.4) is 0 Å². The van der Waals surface area contributed by atoms with Crippen LogP contribution in [-0.4, -0.2) is 6.29 Å². The largest absolute Gasteiger partial charge is 0.303 e. The summed E-state index contributed by atoms with van der Waals surface area (Å²) in [5, 5.41) is 0. The van der Waals surface area contributed by atoms with Crippen LogP contribution in [0, 0.1) is 16.7 Å². The molecule has 0 aromatic carbocycles. The number of hydrogen-bond acceptors (Lipinski definition) is 1. The molecule has 0 aromatic rings. The minimum absolute atomic E-state index is 0.255. The Morgan fingerprint density at radius 2 is 1.60 bits per heavy atom. The lowest BCUT2D eigenvalue weighted by Gasteiger charge is -2.55. The molecule has 0 amide bonds. The predicted octanol–water partition coefficient (Wildman–Crippen LogP) is 2.26. The zero-order valence-electron chi connectivity index (χ0n) is 7.27. The third kappa shape index (κ3) is 0.882. The van der Waals surface area contributed by atoms with E-state index in [4.69, 9.17) is 0 Å². The van der Waals surface area contributed by atoms with Crippen LogP contribution in [-0.2, 0) is 4.79 Å². The van der Waals surface area contributed by atoms with Gasteiger partial charge in [-0.25, -0.2) is 0 Å². The van der Waals surface area contributed by atoms with Crippen molar-refractivity contribution < 1.29 is 4.79 Å². The minimum atomic E-state index is 0.255. The first-order chi connectivity index (χ1) is 4.40. The van der Waals surface area contributed by atoms with E-state index in [2.05, 4.69) is 27.7 Å². The van der Waals surface area contributed by atoms with Crippen LogP contribution < -0.4 is 0 Å². The molecule has 0 bridgehead atoms. The van der Waals surface area contributed by atoms with E-state index >= 15 is 0 Å². The zero-order valence-corrected chi connectivity index (χ0v) is 7.27. The van der Waals surface area contributed by atoms with Gasteiger partial charge >= 0.3 is 0 Å². The molecular formula is C9H16O. The number of carbonyl (C=O) groups excluding carboxylic acids is 1. The highest BCUT2D eigenvalue weighted by Crippen LogP contribution is 2.57. The summed E-state index contributed by atoms with van der Waals surface area (Å²) >= 11 is 0.